The van der Waals surface area contributed by atoms with Gasteiger partial charge in [-0.2, -0.15) is 0 Å². The molecule has 3 nitrogen and oxygen atoms in total. The predicted molar refractivity (Wildman–Crippen MR) is 70.3 cm³/mol. The Morgan fingerprint density at radius 3 is 2.81 bits per heavy atom. The summed E-state index contributed by atoms with van der Waals surface area (Å²) in [6, 6.07) is 0.771. The molecule has 4 heteroatoms. The second-order valence-corrected chi connectivity index (χ2v) is 5.52. The number of rotatable bonds is 6. The molecule has 90 valence electrons. The lowest BCUT2D eigenvalue weighted by Gasteiger charge is -2.20. The van der Waals surface area contributed by atoms with E-state index in [1.165, 1.54) is 35.0 Å². The third kappa shape index (κ3) is 2.55. The van der Waals surface area contributed by atoms with Gasteiger partial charge >= 0.3 is 0 Å². The third-order valence-electron chi connectivity index (χ3n) is 2.92. The average molecular weight is 239 g/mol. The molecule has 0 unspecified atom stereocenters. The minimum Gasteiger partial charge on any atom is -0.345 e. The molecule has 0 radical (unpaired) electrons. The molecule has 1 aliphatic rings. The van der Waals surface area contributed by atoms with Crippen molar-refractivity contribution in [2.75, 3.05) is 18.5 Å². The second kappa shape index (κ2) is 5.15. The van der Waals surface area contributed by atoms with Crippen LogP contribution < -0.4 is 10.2 Å². The summed E-state index contributed by atoms with van der Waals surface area (Å²) >= 11 is 1.85. The maximum Gasteiger partial charge on any atom is 0.186 e. The Morgan fingerprint density at radius 1 is 1.50 bits per heavy atom. The minimum absolute atomic E-state index is 0.771. The maximum atomic E-state index is 4.71. The Bertz CT molecular complexity index is 344. The maximum absolute atomic E-state index is 4.71. The van der Waals surface area contributed by atoms with Gasteiger partial charge in [0.05, 0.1) is 5.69 Å². The molecule has 1 fully saturated rings. The molecule has 1 saturated carbocycles. The first-order chi connectivity index (χ1) is 7.76. The van der Waals surface area contributed by atoms with E-state index in [9.17, 15) is 0 Å². The van der Waals surface area contributed by atoms with Gasteiger partial charge in [0, 0.05) is 24.0 Å². The van der Waals surface area contributed by atoms with E-state index in [2.05, 4.69) is 24.1 Å². The van der Waals surface area contributed by atoms with E-state index in [0.29, 0.717) is 0 Å². The number of anilines is 1. The fourth-order valence-corrected chi connectivity index (χ4v) is 3.09. The lowest BCUT2D eigenvalue weighted by Crippen LogP contribution is -2.26. The van der Waals surface area contributed by atoms with Crippen LogP contribution in [0.5, 0.6) is 0 Å². The summed E-state index contributed by atoms with van der Waals surface area (Å²) < 4.78 is 0. The van der Waals surface area contributed by atoms with Crippen LogP contribution in [0.25, 0.3) is 0 Å². The van der Waals surface area contributed by atoms with Gasteiger partial charge in [-0.3, -0.25) is 0 Å². The van der Waals surface area contributed by atoms with E-state index in [1.54, 1.807) is 0 Å². The van der Waals surface area contributed by atoms with Crippen LogP contribution in [0, 0.1) is 6.92 Å². The molecule has 1 aromatic heterocycles. The van der Waals surface area contributed by atoms with Crippen molar-refractivity contribution in [2.45, 2.75) is 45.7 Å². The Balaban J connectivity index is 2.13. The van der Waals surface area contributed by atoms with Crippen molar-refractivity contribution in [3.05, 3.63) is 10.6 Å². The Hall–Kier alpha value is -0.610. The van der Waals surface area contributed by atoms with Crippen LogP contribution in [0.1, 0.15) is 36.8 Å². The zero-order valence-corrected chi connectivity index (χ0v) is 11.2. The molecule has 1 heterocycles. The number of thiazole rings is 1. The number of hydrogen-bond acceptors (Lipinski definition) is 4. The highest BCUT2D eigenvalue weighted by molar-refractivity contribution is 7.15. The largest absolute Gasteiger partial charge is 0.345 e. The van der Waals surface area contributed by atoms with Crippen molar-refractivity contribution in [1.29, 1.82) is 0 Å². The molecule has 0 aromatic carbocycles. The molecule has 0 aliphatic heterocycles. The second-order valence-electron chi connectivity index (χ2n) is 4.46. The van der Waals surface area contributed by atoms with Gasteiger partial charge < -0.3 is 10.2 Å². The molecule has 0 atom stereocenters. The first-order valence-electron chi connectivity index (χ1n) is 6.13. The van der Waals surface area contributed by atoms with Gasteiger partial charge in [0.2, 0.25) is 0 Å². The number of aromatic nitrogens is 1. The van der Waals surface area contributed by atoms with E-state index in [-0.39, 0.29) is 0 Å². The topological polar surface area (TPSA) is 28.2 Å². The molecule has 16 heavy (non-hydrogen) atoms. The van der Waals surface area contributed by atoms with Gasteiger partial charge in [0.1, 0.15) is 0 Å². The molecule has 1 aromatic rings. The van der Waals surface area contributed by atoms with Gasteiger partial charge in [0.15, 0.2) is 5.13 Å². The third-order valence-corrected chi connectivity index (χ3v) is 4.11. The van der Waals surface area contributed by atoms with Crippen LogP contribution in [0.4, 0.5) is 5.13 Å². The molecule has 2 rings (SSSR count). The first-order valence-corrected chi connectivity index (χ1v) is 6.95. The molecule has 0 amide bonds. The van der Waals surface area contributed by atoms with Gasteiger partial charge in [0.25, 0.3) is 0 Å². The molecule has 0 saturated heterocycles. The number of nitrogens with one attached hydrogen (secondary N) is 1. The molecule has 0 bridgehead atoms. The normalized spacial score (nSPS) is 15.4. The molecule has 0 spiro atoms. The highest BCUT2D eigenvalue weighted by Crippen LogP contribution is 2.35. The van der Waals surface area contributed by atoms with Gasteiger partial charge in [-0.05, 0) is 33.2 Å². The van der Waals surface area contributed by atoms with Crippen LogP contribution in [0.2, 0.25) is 0 Å². The summed E-state index contributed by atoms with van der Waals surface area (Å²) in [6.07, 6.45) is 3.90. The van der Waals surface area contributed by atoms with Crippen LogP contribution in [0.3, 0.4) is 0 Å². The monoisotopic (exact) mass is 239 g/mol. The smallest absolute Gasteiger partial charge is 0.186 e. The summed E-state index contributed by atoms with van der Waals surface area (Å²) in [4.78, 5) is 8.59. The minimum atomic E-state index is 0.771. The van der Waals surface area contributed by atoms with Crippen molar-refractivity contribution in [3.8, 4) is 0 Å². The summed E-state index contributed by atoms with van der Waals surface area (Å²) in [6.45, 7) is 6.44. The SMILES string of the molecule is CCCN(c1nc(C)c(CNC)s1)C1CC1. The average Bonchev–Trinajstić information content (AvgIpc) is 3.02. The first kappa shape index (κ1) is 11.9. The Labute approximate surface area is 102 Å². The van der Waals surface area contributed by atoms with Crippen molar-refractivity contribution >= 4 is 16.5 Å². The lowest BCUT2D eigenvalue weighted by atomic mass is 10.4. The fourth-order valence-electron chi connectivity index (χ4n) is 1.92. The van der Waals surface area contributed by atoms with Crippen LogP contribution in [-0.2, 0) is 6.54 Å². The highest BCUT2D eigenvalue weighted by atomic mass is 32.1. The predicted octanol–water partition coefficient (Wildman–Crippen LogP) is 2.55. The van der Waals surface area contributed by atoms with Crippen LogP contribution >= 0.6 is 11.3 Å². The Morgan fingerprint density at radius 2 is 2.25 bits per heavy atom. The lowest BCUT2D eigenvalue weighted by molar-refractivity contribution is 0.758. The number of aryl methyl sites for hydroxylation is 1. The Kier molecular flexibility index (Phi) is 3.82. The van der Waals surface area contributed by atoms with E-state index in [4.69, 9.17) is 4.98 Å². The molecule has 1 aliphatic carbocycles. The fraction of sp³-hybridized carbons (Fsp3) is 0.750. The molecule has 1 N–H and O–H groups in total. The van der Waals surface area contributed by atoms with Crippen molar-refractivity contribution in [1.82, 2.24) is 10.3 Å². The van der Waals surface area contributed by atoms with Crippen molar-refractivity contribution in [2.24, 2.45) is 0 Å². The van der Waals surface area contributed by atoms with Crippen molar-refractivity contribution < 1.29 is 0 Å². The highest BCUT2D eigenvalue weighted by Gasteiger charge is 2.30. The zero-order chi connectivity index (χ0) is 11.5. The van der Waals surface area contributed by atoms with Crippen LogP contribution in [-0.4, -0.2) is 24.6 Å². The number of hydrogen-bond donors (Lipinski definition) is 1. The van der Waals surface area contributed by atoms with Crippen LogP contribution in [0.15, 0.2) is 0 Å². The summed E-state index contributed by atoms with van der Waals surface area (Å²) in [5.74, 6) is 0. The van der Waals surface area contributed by atoms with E-state index < -0.39 is 0 Å². The quantitative estimate of drug-likeness (QED) is 0.827. The van der Waals surface area contributed by atoms with E-state index in [0.717, 1.165) is 19.1 Å². The van der Waals surface area contributed by atoms with Crippen molar-refractivity contribution in [3.63, 3.8) is 0 Å². The molecular weight excluding hydrogens is 218 g/mol. The zero-order valence-electron chi connectivity index (χ0n) is 10.4. The summed E-state index contributed by atoms with van der Waals surface area (Å²) in [5.41, 5.74) is 1.19. The number of nitrogens with zero attached hydrogens (tertiary/aromatic N) is 2. The van der Waals surface area contributed by atoms with Gasteiger partial charge in [-0.25, -0.2) is 4.98 Å². The molecular formula is C12H21N3S. The summed E-state index contributed by atoms with van der Waals surface area (Å²) in [7, 11) is 1.99. The van der Waals surface area contributed by atoms with E-state index in [1.807, 2.05) is 18.4 Å². The summed E-state index contributed by atoms with van der Waals surface area (Å²) in [5, 5.41) is 4.43. The van der Waals surface area contributed by atoms with Gasteiger partial charge in [-0.1, -0.05) is 6.92 Å². The van der Waals surface area contributed by atoms with Gasteiger partial charge in [-0.15, -0.1) is 11.3 Å². The standard InChI is InChI=1S/C12H21N3S/c1-4-7-15(10-5-6-10)12-14-9(2)11(16-12)8-13-3/h10,13H,4-8H2,1-3H3. The van der Waals surface area contributed by atoms with E-state index >= 15 is 0 Å².